The molecule has 2 heterocycles. The number of amides is 1. The van der Waals surface area contributed by atoms with Crippen LogP contribution in [0.15, 0.2) is 60.8 Å². The monoisotopic (exact) mass is 453 g/mol. The highest BCUT2D eigenvalue weighted by Gasteiger charge is 2.31. The van der Waals surface area contributed by atoms with Crippen molar-refractivity contribution in [2.75, 3.05) is 27.2 Å². The molecule has 1 amide bonds. The fraction of sp³-hybridized carbons (Fsp3) is 0.208. The van der Waals surface area contributed by atoms with Gasteiger partial charge in [-0.3, -0.25) is 14.9 Å². The number of benzene rings is 2. The maximum Gasteiger partial charge on any atom is 0.416 e. The predicted octanol–water partition coefficient (Wildman–Crippen LogP) is 4.60. The van der Waals surface area contributed by atoms with Gasteiger partial charge in [0.25, 0.3) is 5.91 Å². The molecule has 0 fully saturated rings. The first-order chi connectivity index (χ1) is 15.7. The lowest BCUT2D eigenvalue weighted by Gasteiger charge is -2.11. The molecule has 0 aliphatic carbocycles. The molecule has 0 unspecified atom stereocenters. The Hall–Kier alpha value is -3.72. The summed E-state index contributed by atoms with van der Waals surface area (Å²) < 4.78 is 39.7. The van der Waals surface area contributed by atoms with Crippen LogP contribution in [0.3, 0.4) is 0 Å². The predicted molar refractivity (Wildman–Crippen MR) is 121 cm³/mol. The summed E-state index contributed by atoms with van der Waals surface area (Å²) >= 11 is 0. The van der Waals surface area contributed by atoms with Gasteiger partial charge >= 0.3 is 6.18 Å². The smallest absolute Gasteiger partial charge is 0.351 e. The molecule has 0 aliphatic heterocycles. The summed E-state index contributed by atoms with van der Waals surface area (Å²) in [7, 11) is 3.85. The second-order valence-corrected chi connectivity index (χ2v) is 7.87. The lowest BCUT2D eigenvalue weighted by Crippen LogP contribution is -2.31. The molecule has 0 bridgehead atoms. The van der Waals surface area contributed by atoms with Crippen molar-refractivity contribution in [2.24, 2.45) is 0 Å². The lowest BCUT2D eigenvalue weighted by atomic mass is 10.00. The third kappa shape index (κ3) is 4.88. The van der Waals surface area contributed by atoms with Gasteiger partial charge in [-0.1, -0.05) is 24.3 Å². The Morgan fingerprint density at radius 3 is 2.48 bits per heavy atom. The van der Waals surface area contributed by atoms with Crippen molar-refractivity contribution < 1.29 is 18.0 Å². The van der Waals surface area contributed by atoms with Gasteiger partial charge in [-0.15, -0.1) is 0 Å². The van der Waals surface area contributed by atoms with Crippen molar-refractivity contribution in [3.63, 3.8) is 0 Å². The number of carbonyl (C=O) groups is 1. The molecule has 0 saturated carbocycles. The third-order valence-corrected chi connectivity index (χ3v) is 5.18. The number of pyridine rings is 1. The molecule has 33 heavy (non-hydrogen) atoms. The van der Waals surface area contributed by atoms with Crippen molar-refractivity contribution in [1.82, 2.24) is 25.4 Å². The molecule has 0 radical (unpaired) electrons. The highest BCUT2D eigenvalue weighted by atomic mass is 19.4. The number of carbonyl (C=O) groups excluding carboxylic acids is 1. The molecule has 2 N–H and O–H groups in total. The van der Waals surface area contributed by atoms with E-state index in [0.717, 1.165) is 12.1 Å². The summed E-state index contributed by atoms with van der Waals surface area (Å²) in [4.78, 5) is 19.0. The van der Waals surface area contributed by atoms with E-state index in [1.165, 1.54) is 6.07 Å². The Morgan fingerprint density at radius 2 is 1.76 bits per heavy atom. The van der Waals surface area contributed by atoms with E-state index >= 15 is 0 Å². The van der Waals surface area contributed by atoms with Gasteiger partial charge in [0.1, 0.15) is 5.69 Å². The minimum Gasteiger partial charge on any atom is -0.351 e. The lowest BCUT2D eigenvalue weighted by molar-refractivity contribution is -0.137. The van der Waals surface area contributed by atoms with E-state index < -0.39 is 11.7 Å². The van der Waals surface area contributed by atoms with Crippen LogP contribution in [0.5, 0.6) is 0 Å². The fourth-order valence-electron chi connectivity index (χ4n) is 3.54. The Morgan fingerprint density at radius 1 is 1.03 bits per heavy atom. The number of nitrogens with zero attached hydrogens (tertiary/aromatic N) is 3. The highest BCUT2D eigenvalue weighted by molar-refractivity contribution is 6.03. The van der Waals surface area contributed by atoms with Crippen molar-refractivity contribution in [3.8, 4) is 22.5 Å². The number of H-pyrrole nitrogens is 1. The molecular weight excluding hydrogens is 431 g/mol. The van der Waals surface area contributed by atoms with Gasteiger partial charge in [0, 0.05) is 36.0 Å². The van der Waals surface area contributed by atoms with Crippen molar-refractivity contribution in [1.29, 1.82) is 0 Å². The first-order valence-corrected chi connectivity index (χ1v) is 10.3. The summed E-state index contributed by atoms with van der Waals surface area (Å²) in [6, 6.07) is 13.7. The van der Waals surface area contributed by atoms with Crippen LogP contribution in [0.2, 0.25) is 0 Å². The van der Waals surface area contributed by atoms with E-state index in [1.807, 2.05) is 19.0 Å². The average molecular weight is 453 g/mol. The summed E-state index contributed by atoms with van der Waals surface area (Å²) in [6.07, 6.45) is -2.87. The number of alkyl halides is 3. The Balaban J connectivity index is 1.75. The highest BCUT2D eigenvalue weighted by Crippen LogP contribution is 2.36. The number of halogens is 3. The van der Waals surface area contributed by atoms with Crippen molar-refractivity contribution in [3.05, 3.63) is 71.9 Å². The average Bonchev–Trinajstić information content (AvgIpc) is 3.23. The van der Waals surface area contributed by atoms with Gasteiger partial charge < -0.3 is 10.2 Å². The summed E-state index contributed by atoms with van der Waals surface area (Å²) in [5, 5.41) is 10.6. The van der Waals surface area contributed by atoms with E-state index in [4.69, 9.17) is 0 Å². The van der Waals surface area contributed by atoms with Gasteiger partial charge in [0.15, 0.2) is 0 Å². The summed E-state index contributed by atoms with van der Waals surface area (Å²) in [5.41, 5.74) is 2.22. The number of fused-ring (bicyclic) bond motifs is 1. The number of nitrogens with one attached hydrogen (secondary N) is 2. The molecule has 0 saturated heterocycles. The zero-order valence-corrected chi connectivity index (χ0v) is 18.1. The maximum absolute atomic E-state index is 13.2. The van der Waals surface area contributed by atoms with Crippen LogP contribution in [0.25, 0.3) is 33.4 Å². The molecule has 0 atom stereocenters. The van der Waals surface area contributed by atoms with Crippen molar-refractivity contribution >= 4 is 16.8 Å². The van der Waals surface area contributed by atoms with Gasteiger partial charge in [-0.2, -0.15) is 18.3 Å². The molecule has 9 heteroatoms. The molecule has 0 spiro atoms. The van der Waals surface area contributed by atoms with Gasteiger partial charge in [0.2, 0.25) is 0 Å². The second kappa shape index (κ2) is 9.03. The molecule has 0 aliphatic rings. The molecule has 6 nitrogen and oxygen atoms in total. The van der Waals surface area contributed by atoms with E-state index in [0.29, 0.717) is 52.1 Å². The molecule has 170 valence electrons. The number of likely N-dealkylation sites (N-methyl/N-ethyl adjacent to an activating group) is 1. The van der Waals surface area contributed by atoms with Gasteiger partial charge in [-0.25, -0.2) is 0 Å². The van der Waals surface area contributed by atoms with E-state index in [2.05, 4.69) is 20.5 Å². The molecular formula is C24H22F3N5O. The SMILES string of the molecule is CN(C)CCNC(=O)c1cccc(-c2nccc3[nH]nc(-c4cccc(C(F)(F)F)c4)c23)c1. The van der Waals surface area contributed by atoms with Gasteiger partial charge in [-0.05, 0) is 44.4 Å². The van der Waals surface area contributed by atoms with Crippen LogP contribution in [0, 0.1) is 0 Å². The van der Waals surface area contributed by atoms with Crippen LogP contribution in [-0.2, 0) is 6.18 Å². The minimum atomic E-state index is -4.46. The number of rotatable bonds is 6. The molecule has 4 aromatic rings. The first kappa shape index (κ1) is 22.5. The summed E-state index contributed by atoms with van der Waals surface area (Å²) in [6.45, 7) is 1.22. The zero-order valence-electron chi connectivity index (χ0n) is 18.1. The van der Waals surface area contributed by atoms with E-state index in [9.17, 15) is 18.0 Å². The third-order valence-electron chi connectivity index (χ3n) is 5.18. The van der Waals surface area contributed by atoms with E-state index in [1.54, 1.807) is 42.6 Å². The van der Waals surface area contributed by atoms with E-state index in [-0.39, 0.29) is 5.91 Å². The summed E-state index contributed by atoms with van der Waals surface area (Å²) in [5.74, 6) is -0.212. The van der Waals surface area contributed by atoms with Crippen LogP contribution in [0.4, 0.5) is 13.2 Å². The Labute approximate surface area is 188 Å². The van der Waals surface area contributed by atoms with Crippen LogP contribution < -0.4 is 5.32 Å². The molecule has 2 aromatic carbocycles. The number of aromatic amines is 1. The largest absolute Gasteiger partial charge is 0.416 e. The Kier molecular flexibility index (Phi) is 6.15. The maximum atomic E-state index is 13.2. The fourth-order valence-corrected chi connectivity index (χ4v) is 3.54. The number of hydrogen-bond acceptors (Lipinski definition) is 4. The Bertz CT molecular complexity index is 1300. The molecule has 2 aromatic heterocycles. The van der Waals surface area contributed by atoms with Crippen molar-refractivity contribution in [2.45, 2.75) is 6.18 Å². The van der Waals surface area contributed by atoms with Crippen LogP contribution in [0.1, 0.15) is 15.9 Å². The van der Waals surface area contributed by atoms with Crippen LogP contribution >= 0.6 is 0 Å². The zero-order chi connectivity index (χ0) is 23.6. The second-order valence-electron chi connectivity index (χ2n) is 7.87. The van der Waals surface area contributed by atoms with Gasteiger partial charge in [0.05, 0.1) is 22.2 Å². The standard InChI is InChI=1S/C24H22F3N5O/c1-32(2)12-11-29-23(33)17-7-3-5-15(13-17)21-20-19(9-10-28-21)30-31-22(20)16-6-4-8-18(14-16)24(25,26)27/h3-10,13-14H,11-12H2,1-2H3,(H,29,33)(H,30,31). The quantitative estimate of drug-likeness (QED) is 0.448. The topological polar surface area (TPSA) is 73.9 Å². The number of aromatic nitrogens is 3. The molecule has 4 rings (SSSR count). The normalized spacial score (nSPS) is 11.8. The number of hydrogen-bond donors (Lipinski definition) is 2. The van der Waals surface area contributed by atoms with Crippen LogP contribution in [-0.4, -0.2) is 53.2 Å². The minimum absolute atomic E-state index is 0.212. The first-order valence-electron chi connectivity index (χ1n) is 10.3.